The summed E-state index contributed by atoms with van der Waals surface area (Å²) in [6.45, 7) is 0.873. The van der Waals surface area contributed by atoms with Crippen LogP contribution >= 0.6 is 0 Å². The Morgan fingerprint density at radius 2 is 1.90 bits per heavy atom. The summed E-state index contributed by atoms with van der Waals surface area (Å²) in [5.74, 6) is 0.587. The number of carbonyl (C=O) groups is 3. The highest BCUT2D eigenvalue weighted by Crippen LogP contribution is 2.40. The van der Waals surface area contributed by atoms with Crippen LogP contribution in [0.4, 0.5) is 0 Å². The molecule has 1 spiro atoms. The molecule has 1 fully saturated rings. The van der Waals surface area contributed by atoms with Crippen LogP contribution in [0.1, 0.15) is 39.1 Å². The summed E-state index contributed by atoms with van der Waals surface area (Å²) in [5, 5.41) is 0. The normalized spacial score (nSPS) is 19.9. The minimum absolute atomic E-state index is 0.00399. The molecule has 0 bridgehead atoms. The zero-order valence-electron chi connectivity index (χ0n) is 17.4. The van der Waals surface area contributed by atoms with E-state index in [0.29, 0.717) is 42.1 Å². The third kappa shape index (κ3) is 4.17. The predicted molar refractivity (Wildman–Crippen MR) is 113 cm³/mol. The molecular weight excluding hydrogens is 398 g/mol. The van der Waals surface area contributed by atoms with Crippen LogP contribution in [0.5, 0.6) is 11.5 Å². The average Bonchev–Trinajstić information content (AvgIpc) is 3.20. The van der Waals surface area contributed by atoms with Gasteiger partial charge in [-0.2, -0.15) is 0 Å². The monoisotopic (exact) mass is 421 g/mol. The highest BCUT2D eigenvalue weighted by molar-refractivity contribution is 6.01. The van der Waals surface area contributed by atoms with Gasteiger partial charge in [0.05, 0.1) is 38.3 Å². The molecule has 0 aliphatic carbocycles. The van der Waals surface area contributed by atoms with Crippen molar-refractivity contribution in [3.8, 4) is 11.5 Å². The molecule has 0 saturated carbocycles. The maximum absolute atomic E-state index is 12.7. The number of methoxy groups -OCH3 is 2. The first-order chi connectivity index (χ1) is 14.9. The number of amides is 1. The number of ether oxygens (including phenoxy) is 3. The van der Waals surface area contributed by atoms with E-state index >= 15 is 0 Å². The van der Waals surface area contributed by atoms with Gasteiger partial charge >= 0.3 is 5.97 Å². The first-order valence-electron chi connectivity index (χ1n) is 9.99. The Morgan fingerprint density at radius 1 is 1.13 bits per heavy atom. The molecule has 7 heteroatoms. The van der Waals surface area contributed by atoms with Gasteiger partial charge in [-0.05, 0) is 42.0 Å². The second kappa shape index (κ2) is 8.26. The topological polar surface area (TPSA) is 82.1 Å². The number of rotatable bonds is 4. The van der Waals surface area contributed by atoms with E-state index in [0.717, 1.165) is 5.56 Å². The van der Waals surface area contributed by atoms with Crippen molar-refractivity contribution < 1.29 is 28.6 Å². The molecule has 1 saturated heterocycles. The van der Waals surface area contributed by atoms with Crippen LogP contribution in [0.3, 0.4) is 0 Å². The van der Waals surface area contributed by atoms with E-state index in [2.05, 4.69) is 4.74 Å². The van der Waals surface area contributed by atoms with Crippen LogP contribution in [-0.2, 0) is 9.53 Å². The number of likely N-dealkylation sites (tertiary alicyclic amines) is 1. The van der Waals surface area contributed by atoms with Crippen molar-refractivity contribution in [3.05, 3.63) is 65.2 Å². The van der Waals surface area contributed by atoms with Crippen molar-refractivity contribution in [2.24, 2.45) is 0 Å². The number of hydrogen-bond acceptors (Lipinski definition) is 6. The van der Waals surface area contributed by atoms with Gasteiger partial charge in [0.2, 0.25) is 5.91 Å². The summed E-state index contributed by atoms with van der Waals surface area (Å²) >= 11 is 0. The average molecular weight is 421 g/mol. The highest BCUT2D eigenvalue weighted by atomic mass is 16.5. The van der Waals surface area contributed by atoms with Crippen molar-refractivity contribution in [1.29, 1.82) is 0 Å². The van der Waals surface area contributed by atoms with Gasteiger partial charge in [-0.25, -0.2) is 4.79 Å². The molecule has 2 aromatic rings. The predicted octanol–water partition coefficient (Wildman–Crippen LogP) is 3.13. The number of nitrogens with zero attached hydrogens (tertiary/aromatic N) is 1. The van der Waals surface area contributed by atoms with Crippen molar-refractivity contribution in [1.82, 2.24) is 4.90 Å². The van der Waals surface area contributed by atoms with Gasteiger partial charge in [0.1, 0.15) is 17.1 Å². The van der Waals surface area contributed by atoms with Gasteiger partial charge < -0.3 is 19.1 Å². The molecule has 2 aromatic carbocycles. The Kier molecular flexibility index (Phi) is 5.50. The molecule has 2 aliphatic rings. The van der Waals surface area contributed by atoms with E-state index < -0.39 is 11.6 Å². The molecule has 2 heterocycles. The molecule has 7 nitrogen and oxygen atoms in total. The van der Waals surface area contributed by atoms with Gasteiger partial charge in [-0.3, -0.25) is 9.59 Å². The van der Waals surface area contributed by atoms with Crippen LogP contribution in [0, 0.1) is 0 Å². The third-order valence-electron chi connectivity index (χ3n) is 5.67. The maximum Gasteiger partial charge on any atom is 0.337 e. The largest absolute Gasteiger partial charge is 0.497 e. The van der Waals surface area contributed by atoms with Crippen LogP contribution in [-0.4, -0.2) is 55.5 Å². The highest BCUT2D eigenvalue weighted by Gasteiger charge is 2.46. The number of fused-ring (bicyclic) bond motifs is 1. The Labute approximate surface area is 180 Å². The molecule has 2 aliphatic heterocycles. The summed E-state index contributed by atoms with van der Waals surface area (Å²) in [4.78, 5) is 38.6. The van der Waals surface area contributed by atoms with E-state index in [9.17, 15) is 14.4 Å². The molecule has 160 valence electrons. The minimum atomic E-state index is -0.690. The Bertz CT molecular complexity index is 1060. The second-order valence-electron chi connectivity index (χ2n) is 7.70. The SMILES string of the molecule is COC(=O)c1ccc(/C=C/C(=O)N2CCC3(CC(=O)c4cc(OC)ccc4O3)C2)cc1. The molecule has 0 radical (unpaired) electrons. The number of benzene rings is 2. The molecule has 1 amide bonds. The lowest BCUT2D eigenvalue weighted by atomic mass is 9.89. The standard InChI is InChI=1S/C24H23NO6/c1-29-18-8-9-21-19(13-18)20(26)14-24(31-21)11-12-25(15-24)22(27)10-5-16-3-6-17(7-4-16)23(28)30-2/h3-10,13H,11-12,14-15H2,1-2H3/b10-5+. The zero-order chi connectivity index (χ0) is 22.0. The fourth-order valence-electron chi connectivity index (χ4n) is 3.98. The van der Waals surface area contributed by atoms with Crippen molar-refractivity contribution in [2.45, 2.75) is 18.4 Å². The fraction of sp³-hybridized carbons (Fsp3) is 0.292. The smallest absolute Gasteiger partial charge is 0.337 e. The number of ketones is 1. The fourth-order valence-corrected chi connectivity index (χ4v) is 3.98. The third-order valence-corrected chi connectivity index (χ3v) is 5.67. The molecule has 0 aromatic heterocycles. The number of carbonyl (C=O) groups excluding carboxylic acids is 3. The van der Waals surface area contributed by atoms with E-state index in [1.807, 2.05) is 0 Å². The van der Waals surface area contributed by atoms with E-state index in [1.54, 1.807) is 60.6 Å². The minimum Gasteiger partial charge on any atom is -0.497 e. The quantitative estimate of drug-likeness (QED) is 0.557. The molecule has 31 heavy (non-hydrogen) atoms. The second-order valence-corrected chi connectivity index (χ2v) is 7.70. The Balaban J connectivity index is 1.42. The van der Waals surface area contributed by atoms with E-state index in [4.69, 9.17) is 9.47 Å². The van der Waals surface area contributed by atoms with Crippen molar-refractivity contribution >= 4 is 23.7 Å². The number of esters is 1. The Morgan fingerprint density at radius 3 is 2.61 bits per heavy atom. The molecular formula is C24H23NO6. The maximum atomic E-state index is 12.7. The summed E-state index contributed by atoms with van der Waals surface area (Å²) in [6, 6.07) is 12.0. The lowest BCUT2D eigenvalue weighted by Gasteiger charge is -2.34. The van der Waals surface area contributed by atoms with E-state index in [1.165, 1.54) is 13.2 Å². The van der Waals surface area contributed by atoms with Gasteiger partial charge in [0.25, 0.3) is 0 Å². The lowest BCUT2D eigenvalue weighted by Crippen LogP contribution is -2.45. The van der Waals surface area contributed by atoms with E-state index in [-0.39, 0.29) is 18.1 Å². The van der Waals surface area contributed by atoms with Crippen LogP contribution in [0.25, 0.3) is 6.08 Å². The van der Waals surface area contributed by atoms with Crippen LogP contribution < -0.4 is 9.47 Å². The summed E-state index contributed by atoms with van der Waals surface area (Å²) < 4.78 is 16.1. The number of Topliss-reactive ketones (excluding diaryl/α,β-unsaturated/α-hetero) is 1. The first kappa shape index (κ1) is 20.7. The van der Waals surface area contributed by atoms with Crippen molar-refractivity contribution in [2.75, 3.05) is 27.3 Å². The summed E-state index contributed by atoms with van der Waals surface area (Å²) in [5.41, 5.74) is 1.07. The Hall–Kier alpha value is -3.61. The summed E-state index contributed by atoms with van der Waals surface area (Å²) in [7, 11) is 2.88. The van der Waals surface area contributed by atoms with Gasteiger partial charge in [-0.1, -0.05) is 12.1 Å². The molecule has 0 N–H and O–H groups in total. The van der Waals surface area contributed by atoms with Crippen LogP contribution in [0.2, 0.25) is 0 Å². The zero-order valence-corrected chi connectivity index (χ0v) is 17.4. The van der Waals surface area contributed by atoms with Gasteiger partial charge in [0.15, 0.2) is 5.78 Å². The first-order valence-corrected chi connectivity index (χ1v) is 9.99. The van der Waals surface area contributed by atoms with Gasteiger partial charge in [0, 0.05) is 19.0 Å². The van der Waals surface area contributed by atoms with Crippen molar-refractivity contribution in [3.63, 3.8) is 0 Å². The van der Waals surface area contributed by atoms with Gasteiger partial charge in [-0.15, -0.1) is 0 Å². The molecule has 1 atom stereocenters. The summed E-state index contributed by atoms with van der Waals surface area (Å²) in [6.07, 6.45) is 4.02. The number of hydrogen-bond donors (Lipinski definition) is 0. The molecule has 4 rings (SSSR count). The lowest BCUT2D eigenvalue weighted by molar-refractivity contribution is -0.125. The van der Waals surface area contributed by atoms with Crippen LogP contribution in [0.15, 0.2) is 48.5 Å². The molecule has 1 unspecified atom stereocenters.